The van der Waals surface area contributed by atoms with Gasteiger partial charge in [-0.3, -0.25) is 0 Å². The summed E-state index contributed by atoms with van der Waals surface area (Å²) in [5.74, 6) is -0.396. The summed E-state index contributed by atoms with van der Waals surface area (Å²) in [7, 11) is 0. The van der Waals surface area contributed by atoms with Crippen LogP contribution in [-0.4, -0.2) is 11.5 Å². The van der Waals surface area contributed by atoms with Crippen LogP contribution >= 0.6 is 0 Å². The quantitative estimate of drug-likeness (QED) is 0.725. The highest BCUT2D eigenvalue weighted by molar-refractivity contribution is 5.51. The molecule has 0 spiro atoms. The van der Waals surface area contributed by atoms with E-state index in [0.717, 1.165) is 12.1 Å². The Morgan fingerprint density at radius 3 is 2.43 bits per heavy atom. The molecule has 3 N–H and O–H groups in total. The maximum atomic E-state index is 11.7. The van der Waals surface area contributed by atoms with E-state index in [1.165, 1.54) is 6.07 Å². The molecule has 0 heterocycles. The zero-order valence-corrected chi connectivity index (χ0v) is 7.01. The van der Waals surface area contributed by atoms with Crippen LogP contribution in [0.1, 0.15) is 5.56 Å². The van der Waals surface area contributed by atoms with Crippen molar-refractivity contribution in [1.82, 2.24) is 0 Å². The van der Waals surface area contributed by atoms with E-state index in [1.807, 2.05) is 0 Å². The minimum Gasteiger partial charge on any atom is -0.406 e. The lowest BCUT2D eigenvalue weighted by atomic mass is 10.2. The highest BCUT2D eigenvalue weighted by atomic mass is 19.4. The van der Waals surface area contributed by atoms with Crippen LogP contribution in [0.5, 0.6) is 5.75 Å². The van der Waals surface area contributed by atoms with E-state index in [9.17, 15) is 13.2 Å². The van der Waals surface area contributed by atoms with Crippen molar-refractivity contribution in [1.29, 1.82) is 0 Å². The van der Waals surface area contributed by atoms with Gasteiger partial charge in [-0.05, 0) is 6.07 Å². The Hall–Kier alpha value is -1.43. The van der Waals surface area contributed by atoms with Gasteiger partial charge in [0.05, 0.1) is 6.61 Å². The van der Waals surface area contributed by atoms with E-state index in [1.54, 1.807) is 0 Å². The molecule has 0 aromatic heterocycles. The summed E-state index contributed by atoms with van der Waals surface area (Å²) in [6, 6.07) is 3.38. The number of nitrogen functional groups attached to an aromatic ring is 1. The maximum Gasteiger partial charge on any atom is 0.573 e. The number of hydrogen-bond donors (Lipinski definition) is 2. The molecule has 0 aliphatic carbocycles. The van der Waals surface area contributed by atoms with Crippen LogP contribution < -0.4 is 10.5 Å². The fraction of sp³-hybridized carbons (Fsp3) is 0.250. The molecule has 0 aliphatic rings. The van der Waals surface area contributed by atoms with E-state index < -0.39 is 12.1 Å². The standard InChI is InChI=1S/C8H8F3NO2/c9-8(10,11)14-6-2-1-5(4-13)7(12)3-6/h1-3,13H,4,12H2. The van der Waals surface area contributed by atoms with Crippen molar-refractivity contribution >= 4 is 5.69 Å². The molecular formula is C8H8F3NO2. The zero-order chi connectivity index (χ0) is 10.8. The van der Waals surface area contributed by atoms with E-state index in [-0.39, 0.29) is 12.3 Å². The Bertz CT molecular complexity index is 325. The van der Waals surface area contributed by atoms with E-state index in [4.69, 9.17) is 10.8 Å². The number of anilines is 1. The predicted molar refractivity (Wildman–Crippen MR) is 43.5 cm³/mol. The first-order valence-corrected chi connectivity index (χ1v) is 3.67. The zero-order valence-electron chi connectivity index (χ0n) is 7.01. The van der Waals surface area contributed by atoms with Crippen LogP contribution in [0.4, 0.5) is 18.9 Å². The first-order chi connectivity index (χ1) is 6.42. The molecule has 0 aliphatic heterocycles. The maximum absolute atomic E-state index is 11.7. The molecule has 0 bridgehead atoms. The molecule has 78 valence electrons. The second-order valence-corrected chi connectivity index (χ2v) is 2.57. The molecule has 6 heteroatoms. The number of rotatable bonds is 2. The van der Waals surface area contributed by atoms with E-state index in [0.29, 0.717) is 5.56 Å². The van der Waals surface area contributed by atoms with Crippen LogP contribution in [0.15, 0.2) is 18.2 Å². The van der Waals surface area contributed by atoms with Crippen LogP contribution in [0, 0.1) is 0 Å². The van der Waals surface area contributed by atoms with Gasteiger partial charge in [-0.25, -0.2) is 0 Å². The lowest BCUT2D eigenvalue weighted by Crippen LogP contribution is -2.17. The van der Waals surface area contributed by atoms with E-state index in [2.05, 4.69) is 4.74 Å². The first-order valence-electron chi connectivity index (χ1n) is 3.67. The smallest absolute Gasteiger partial charge is 0.406 e. The normalized spacial score (nSPS) is 11.4. The summed E-state index contributed by atoms with van der Waals surface area (Å²) in [4.78, 5) is 0. The van der Waals surface area contributed by atoms with Gasteiger partial charge < -0.3 is 15.6 Å². The molecule has 0 saturated heterocycles. The molecule has 0 atom stereocenters. The summed E-state index contributed by atoms with van der Waals surface area (Å²) in [5.41, 5.74) is 5.77. The molecule has 0 radical (unpaired) electrons. The predicted octanol–water partition coefficient (Wildman–Crippen LogP) is 1.66. The van der Waals surface area contributed by atoms with Crippen LogP contribution in [0.25, 0.3) is 0 Å². The largest absolute Gasteiger partial charge is 0.573 e. The van der Waals surface area contributed by atoms with Crippen molar-refractivity contribution in [2.45, 2.75) is 13.0 Å². The van der Waals surface area contributed by atoms with Gasteiger partial charge in [-0.1, -0.05) is 6.07 Å². The highest BCUT2D eigenvalue weighted by Gasteiger charge is 2.31. The minimum atomic E-state index is -4.73. The van der Waals surface area contributed by atoms with Gasteiger partial charge in [-0.2, -0.15) is 0 Å². The van der Waals surface area contributed by atoms with Crippen molar-refractivity contribution in [2.24, 2.45) is 0 Å². The number of hydrogen-bond acceptors (Lipinski definition) is 3. The Balaban J connectivity index is 2.87. The monoisotopic (exact) mass is 207 g/mol. The fourth-order valence-electron chi connectivity index (χ4n) is 0.914. The Kier molecular flexibility index (Phi) is 2.85. The van der Waals surface area contributed by atoms with E-state index >= 15 is 0 Å². The average molecular weight is 207 g/mol. The minimum absolute atomic E-state index is 0.0641. The summed E-state index contributed by atoms with van der Waals surface area (Å²) in [6.07, 6.45) is -4.73. The highest BCUT2D eigenvalue weighted by Crippen LogP contribution is 2.25. The number of nitrogens with two attached hydrogens (primary N) is 1. The van der Waals surface area contributed by atoms with Crippen molar-refractivity contribution < 1.29 is 23.0 Å². The van der Waals surface area contributed by atoms with Crippen LogP contribution in [-0.2, 0) is 6.61 Å². The summed E-state index contributed by atoms with van der Waals surface area (Å²) < 4.78 is 38.8. The number of aliphatic hydroxyl groups excluding tert-OH is 1. The van der Waals surface area contributed by atoms with Gasteiger partial charge in [0, 0.05) is 17.3 Å². The molecule has 0 unspecified atom stereocenters. The van der Waals surface area contributed by atoms with Crippen LogP contribution in [0.2, 0.25) is 0 Å². The van der Waals surface area contributed by atoms with Crippen molar-refractivity contribution in [2.75, 3.05) is 5.73 Å². The fourth-order valence-corrected chi connectivity index (χ4v) is 0.914. The Labute approximate surface area is 77.9 Å². The number of halogens is 3. The first kappa shape index (κ1) is 10.6. The number of ether oxygens (including phenoxy) is 1. The molecule has 0 fully saturated rings. The van der Waals surface area contributed by atoms with Crippen molar-refractivity contribution in [3.63, 3.8) is 0 Å². The molecule has 1 aromatic carbocycles. The van der Waals surface area contributed by atoms with Crippen LogP contribution in [0.3, 0.4) is 0 Å². The lowest BCUT2D eigenvalue weighted by Gasteiger charge is -2.10. The second kappa shape index (κ2) is 3.75. The Morgan fingerprint density at radius 1 is 1.36 bits per heavy atom. The topological polar surface area (TPSA) is 55.5 Å². The molecule has 1 rings (SSSR count). The van der Waals surface area contributed by atoms with Gasteiger partial charge in [0.25, 0.3) is 0 Å². The number of benzene rings is 1. The number of alkyl halides is 3. The Morgan fingerprint density at radius 2 is 2.00 bits per heavy atom. The van der Waals surface area contributed by atoms with Gasteiger partial charge in [-0.15, -0.1) is 13.2 Å². The van der Waals surface area contributed by atoms with Crippen molar-refractivity contribution in [3.05, 3.63) is 23.8 Å². The third kappa shape index (κ3) is 2.81. The SMILES string of the molecule is Nc1cc(OC(F)(F)F)ccc1CO. The molecule has 0 amide bonds. The molecular weight excluding hydrogens is 199 g/mol. The van der Waals surface area contributed by atoms with Gasteiger partial charge in [0.15, 0.2) is 0 Å². The third-order valence-electron chi connectivity index (χ3n) is 1.52. The van der Waals surface area contributed by atoms with Gasteiger partial charge >= 0.3 is 6.36 Å². The third-order valence-corrected chi connectivity index (χ3v) is 1.52. The average Bonchev–Trinajstić information content (AvgIpc) is 2.01. The summed E-state index contributed by atoms with van der Waals surface area (Å²) in [6.45, 7) is -0.321. The molecule has 3 nitrogen and oxygen atoms in total. The van der Waals surface area contributed by atoms with Gasteiger partial charge in [0.1, 0.15) is 5.75 Å². The number of aliphatic hydroxyl groups is 1. The molecule has 14 heavy (non-hydrogen) atoms. The summed E-state index contributed by atoms with van der Waals surface area (Å²) >= 11 is 0. The molecule has 0 saturated carbocycles. The van der Waals surface area contributed by atoms with Crippen molar-refractivity contribution in [3.8, 4) is 5.75 Å². The second-order valence-electron chi connectivity index (χ2n) is 2.57. The molecule has 1 aromatic rings. The van der Waals surface area contributed by atoms with Gasteiger partial charge in [0.2, 0.25) is 0 Å². The summed E-state index contributed by atoms with van der Waals surface area (Å²) in [5, 5.41) is 8.70. The lowest BCUT2D eigenvalue weighted by molar-refractivity contribution is -0.274.